The molecule has 9 heteroatoms. The summed E-state index contributed by atoms with van der Waals surface area (Å²) in [4.78, 5) is 0. The summed E-state index contributed by atoms with van der Waals surface area (Å²) in [5, 5.41) is 0. The molecule has 0 aliphatic heterocycles. The Hall–Kier alpha value is -1.76. The monoisotopic (exact) mass is 446 g/mol. The molecule has 0 heterocycles. The topological polar surface area (TPSA) is 44.8 Å². The molecule has 0 bridgehead atoms. The Kier molecular flexibility index (Phi) is 7.97. The summed E-state index contributed by atoms with van der Waals surface area (Å²) in [7, 11) is -6.12. The van der Waals surface area contributed by atoms with Crippen molar-refractivity contribution in [1.29, 1.82) is 0 Å². The minimum Gasteiger partial charge on any atom is -0.395 e. The van der Waals surface area contributed by atoms with E-state index in [0.29, 0.717) is 12.5 Å². The van der Waals surface area contributed by atoms with Gasteiger partial charge in [0.2, 0.25) is 0 Å². The summed E-state index contributed by atoms with van der Waals surface area (Å²) in [6, 6.07) is 16.4. The van der Waals surface area contributed by atoms with Crippen molar-refractivity contribution in [2.75, 3.05) is 0 Å². The van der Waals surface area contributed by atoms with E-state index in [1.54, 1.807) is 36.4 Å². The number of phosphoric acid groups is 1. The van der Waals surface area contributed by atoms with E-state index in [-0.39, 0.29) is 17.9 Å². The van der Waals surface area contributed by atoms with E-state index in [4.69, 9.17) is 13.6 Å². The van der Waals surface area contributed by atoms with Gasteiger partial charge in [-0.25, -0.2) is 4.57 Å². The van der Waals surface area contributed by atoms with E-state index in [1.165, 1.54) is 24.3 Å². The lowest BCUT2D eigenvalue weighted by Gasteiger charge is -2.26. The van der Waals surface area contributed by atoms with Crippen LogP contribution in [-0.4, -0.2) is 20.4 Å². The number of alkyl halides is 3. The summed E-state index contributed by atoms with van der Waals surface area (Å²) in [5.74, 6) is 0.185. The van der Waals surface area contributed by atoms with Crippen molar-refractivity contribution in [3.8, 4) is 11.5 Å². The highest BCUT2D eigenvalue weighted by Gasteiger charge is 2.47. The Balaban J connectivity index is 2.23. The normalized spacial score (nSPS) is 13.7. The zero-order chi connectivity index (χ0) is 21.5. The zero-order valence-electron chi connectivity index (χ0n) is 16.7. The average molecular weight is 446 g/mol. The number of benzene rings is 2. The first-order valence-corrected chi connectivity index (χ1v) is 14.5. The Bertz CT molecular complexity index is 749. The Morgan fingerprint density at radius 2 is 1.34 bits per heavy atom. The van der Waals surface area contributed by atoms with Crippen LogP contribution in [0, 0.1) is 0 Å². The predicted molar refractivity (Wildman–Crippen MR) is 110 cm³/mol. The lowest BCUT2D eigenvalue weighted by molar-refractivity contribution is -0.200. The number of hydrogen-bond acceptors (Lipinski definition) is 4. The summed E-state index contributed by atoms with van der Waals surface area (Å²) in [6.45, 7) is 6.25. The largest absolute Gasteiger partial charge is 0.588 e. The maximum Gasteiger partial charge on any atom is 0.588 e. The van der Waals surface area contributed by atoms with E-state index in [0.717, 1.165) is 0 Å². The van der Waals surface area contributed by atoms with Gasteiger partial charge in [0.25, 0.3) is 0 Å². The van der Waals surface area contributed by atoms with Gasteiger partial charge in [-0.2, -0.15) is 13.2 Å². The average Bonchev–Trinajstić information content (AvgIpc) is 2.60. The molecule has 1 atom stereocenters. The maximum atomic E-state index is 13.6. The van der Waals surface area contributed by atoms with Gasteiger partial charge in [-0.05, 0) is 30.7 Å². The number of halogens is 3. The third kappa shape index (κ3) is 8.64. The molecule has 0 aromatic heterocycles. The Morgan fingerprint density at radius 1 is 0.897 bits per heavy atom. The van der Waals surface area contributed by atoms with Gasteiger partial charge in [-0.15, -0.1) is 0 Å². The first kappa shape index (κ1) is 23.5. The van der Waals surface area contributed by atoms with Gasteiger partial charge < -0.3 is 9.05 Å². The fourth-order valence-corrected chi connectivity index (χ4v) is 5.22. The molecule has 0 saturated heterocycles. The van der Waals surface area contributed by atoms with Crippen molar-refractivity contribution < 1.29 is 31.3 Å². The van der Waals surface area contributed by atoms with Crippen LogP contribution in [0.4, 0.5) is 13.2 Å². The SMILES string of the molecule is C[Si](C)(C)CCCC(OP(=O)(Oc1ccccc1)Oc1ccccc1)C(F)(F)F. The predicted octanol–water partition coefficient (Wildman–Crippen LogP) is 7.32. The fraction of sp³-hybridized carbons (Fsp3) is 0.400. The van der Waals surface area contributed by atoms with Gasteiger partial charge in [0, 0.05) is 8.07 Å². The second kappa shape index (κ2) is 9.83. The van der Waals surface area contributed by atoms with Crippen LogP contribution in [0.5, 0.6) is 11.5 Å². The Morgan fingerprint density at radius 3 is 1.72 bits per heavy atom. The highest BCUT2D eigenvalue weighted by molar-refractivity contribution is 7.49. The standard InChI is InChI=1S/C20H26F3O4PSi/c1-29(2,3)16-10-15-19(20(21,22)23)27-28(24,25-17-11-6-4-7-12-17)26-18-13-8-5-9-14-18/h4-9,11-14,19H,10,15-16H2,1-3H3. The molecule has 0 spiro atoms. The van der Waals surface area contributed by atoms with Crippen LogP contribution >= 0.6 is 7.82 Å². The second-order valence-electron chi connectivity index (χ2n) is 7.84. The number of hydrogen-bond donors (Lipinski definition) is 0. The molecule has 0 N–H and O–H groups in total. The molecular weight excluding hydrogens is 420 g/mol. The lowest BCUT2D eigenvalue weighted by atomic mass is 10.2. The summed E-state index contributed by atoms with van der Waals surface area (Å²) in [5.41, 5.74) is 0. The molecule has 1 unspecified atom stereocenters. The first-order chi connectivity index (χ1) is 13.5. The molecule has 0 aliphatic carbocycles. The molecular formula is C20H26F3O4PSi. The van der Waals surface area contributed by atoms with Crippen molar-refractivity contribution in [2.24, 2.45) is 0 Å². The smallest absolute Gasteiger partial charge is 0.395 e. The molecule has 160 valence electrons. The number of para-hydroxylation sites is 2. The van der Waals surface area contributed by atoms with Crippen molar-refractivity contribution in [3.05, 3.63) is 60.7 Å². The van der Waals surface area contributed by atoms with Gasteiger partial charge in [0.05, 0.1) is 0 Å². The van der Waals surface area contributed by atoms with Gasteiger partial charge >= 0.3 is 14.0 Å². The van der Waals surface area contributed by atoms with E-state index >= 15 is 0 Å². The number of phosphoric ester groups is 1. The van der Waals surface area contributed by atoms with Crippen LogP contribution in [0.15, 0.2) is 60.7 Å². The van der Waals surface area contributed by atoms with Crippen LogP contribution in [0.2, 0.25) is 25.7 Å². The van der Waals surface area contributed by atoms with Crippen molar-refractivity contribution in [2.45, 2.75) is 50.8 Å². The molecule has 0 radical (unpaired) electrons. The van der Waals surface area contributed by atoms with Crippen molar-refractivity contribution in [1.82, 2.24) is 0 Å². The number of rotatable bonds is 10. The second-order valence-corrected chi connectivity index (χ2v) is 14.9. The molecule has 2 aromatic carbocycles. The van der Waals surface area contributed by atoms with Crippen LogP contribution in [0.3, 0.4) is 0 Å². The van der Waals surface area contributed by atoms with Crippen LogP contribution in [0.1, 0.15) is 12.8 Å². The van der Waals surface area contributed by atoms with Crippen molar-refractivity contribution >= 4 is 15.9 Å². The minimum atomic E-state index is -4.70. The molecule has 4 nitrogen and oxygen atoms in total. The first-order valence-electron chi connectivity index (χ1n) is 9.31. The van der Waals surface area contributed by atoms with E-state index in [2.05, 4.69) is 19.6 Å². The van der Waals surface area contributed by atoms with Crippen molar-refractivity contribution in [3.63, 3.8) is 0 Å². The molecule has 0 amide bonds. The van der Waals surface area contributed by atoms with Gasteiger partial charge in [0.15, 0.2) is 6.10 Å². The molecule has 0 aliphatic rings. The summed E-state index contributed by atoms with van der Waals surface area (Å²) in [6.07, 6.45) is -6.95. The highest BCUT2D eigenvalue weighted by atomic mass is 31.2. The third-order valence-corrected chi connectivity index (χ3v) is 7.17. The summed E-state index contributed by atoms with van der Waals surface area (Å²) >= 11 is 0. The molecule has 29 heavy (non-hydrogen) atoms. The van der Waals surface area contributed by atoms with E-state index < -0.39 is 28.2 Å². The van der Waals surface area contributed by atoms with Crippen LogP contribution in [0.25, 0.3) is 0 Å². The van der Waals surface area contributed by atoms with Crippen LogP contribution < -0.4 is 9.05 Å². The van der Waals surface area contributed by atoms with Gasteiger partial charge in [-0.1, -0.05) is 68.5 Å². The van der Waals surface area contributed by atoms with E-state index in [9.17, 15) is 17.7 Å². The fourth-order valence-electron chi connectivity index (χ4n) is 2.53. The molecule has 0 saturated carbocycles. The third-order valence-electron chi connectivity index (χ3n) is 3.94. The highest BCUT2D eigenvalue weighted by Crippen LogP contribution is 2.52. The maximum absolute atomic E-state index is 13.6. The van der Waals surface area contributed by atoms with E-state index in [1.807, 2.05) is 0 Å². The van der Waals surface area contributed by atoms with Gasteiger partial charge in [0.1, 0.15) is 11.5 Å². The molecule has 2 rings (SSSR count). The Labute approximate surface area is 170 Å². The lowest BCUT2D eigenvalue weighted by Crippen LogP contribution is -2.32. The van der Waals surface area contributed by atoms with Gasteiger partial charge in [-0.3, -0.25) is 4.52 Å². The quantitative estimate of drug-likeness (QED) is 0.283. The summed E-state index contributed by atoms with van der Waals surface area (Å²) < 4.78 is 69.6. The zero-order valence-corrected chi connectivity index (χ0v) is 18.6. The minimum absolute atomic E-state index is 0.0924. The molecule has 0 fully saturated rings. The van der Waals surface area contributed by atoms with Crippen LogP contribution in [-0.2, 0) is 9.09 Å². The molecule has 2 aromatic rings.